The van der Waals surface area contributed by atoms with Crippen LogP contribution in [-0.2, 0) is 5.60 Å². The molecule has 4 heterocycles. The molecule has 2 unspecified atom stereocenters. The average Bonchev–Trinajstić information content (AvgIpc) is 3.50. The predicted molar refractivity (Wildman–Crippen MR) is 118 cm³/mol. The maximum Gasteiger partial charge on any atom is 0.256 e. The van der Waals surface area contributed by atoms with Crippen molar-refractivity contribution in [3.63, 3.8) is 0 Å². The third kappa shape index (κ3) is 3.89. The van der Waals surface area contributed by atoms with Crippen LogP contribution in [-0.4, -0.2) is 67.1 Å². The number of anilines is 1. The SMILES string of the molecule is Cc1nc(N2CC3CN(C(=O)c4cc(F)ccc4-n4nccn4)CC3C2)nc(C(C)(C)O)c1F. The van der Waals surface area contributed by atoms with E-state index >= 15 is 0 Å². The Morgan fingerprint density at radius 2 is 1.71 bits per heavy atom. The number of nitrogens with zero attached hydrogens (tertiary/aromatic N) is 7. The summed E-state index contributed by atoms with van der Waals surface area (Å²) in [6.45, 7) is 6.73. The molecule has 2 saturated heterocycles. The van der Waals surface area contributed by atoms with Gasteiger partial charge in [-0.25, -0.2) is 18.7 Å². The molecule has 2 atom stereocenters. The fraction of sp³-hybridized carbons (Fsp3) is 0.435. The van der Waals surface area contributed by atoms with Gasteiger partial charge in [0.25, 0.3) is 5.91 Å². The molecule has 1 aromatic carbocycles. The Morgan fingerprint density at radius 1 is 1.06 bits per heavy atom. The molecule has 11 heteroatoms. The van der Waals surface area contributed by atoms with Gasteiger partial charge in [0.1, 0.15) is 17.1 Å². The van der Waals surface area contributed by atoms with E-state index < -0.39 is 17.2 Å². The number of aromatic nitrogens is 5. The second-order valence-corrected chi connectivity index (χ2v) is 9.45. The lowest BCUT2D eigenvalue weighted by molar-refractivity contribution is 0.0690. The van der Waals surface area contributed by atoms with E-state index in [1.54, 1.807) is 11.8 Å². The van der Waals surface area contributed by atoms with Gasteiger partial charge in [-0.1, -0.05) is 0 Å². The molecular weight excluding hydrogens is 444 g/mol. The van der Waals surface area contributed by atoms with Crippen molar-refractivity contribution >= 4 is 11.9 Å². The first-order chi connectivity index (χ1) is 16.1. The molecule has 0 radical (unpaired) electrons. The minimum Gasteiger partial charge on any atom is -0.384 e. The van der Waals surface area contributed by atoms with Crippen LogP contribution in [0.15, 0.2) is 30.6 Å². The molecule has 1 N–H and O–H groups in total. The van der Waals surface area contributed by atoms with E-state index in [1.807, 2.05) is 4.90 Å². The summed E-state index contributed by atoms with van der Waals surface area (Å²) in [5, 5.41) is 18.4. The molecule has 2 aromatic heterocycles. The summed E-state index contributed by atoms with van der Waals surface area (Å²) in [6.07, 6.45) is 2.99. The van der Waals surface area contributed by atoms with Crippen LogP contribution in [0.5, 0.6) is 0 Å². The van der Waals surface area contributed by atoms with Crippen molar-refractivity contribution in [2.24, 2.45) is 11.8 Å². The number of amides is 1. The van der Waals surface area contributed by atoms with Crippen molar-refractivity contribution in [3.8, 4) is 5.69 Å². The highest BCUT2D eigenvalue weighted by molar-refractivity contribution is 5.98. The summed E-state index contributed by atoms with van der Waals surface area (Å²) in [6, 6.07) is 3.99. The Balaban J connectivity index is 1.34. The van der Waals surface area contributed by atoms with Gasteiger partial charge in [0.05, 0.1) is 29.3 Å². The minimum absolute atomic E-state index is 0.0327. The van der Waals surface area contributed by atoms with Crippen LogP contribution < -0.4 is 4.90 Å². The zero-order chi connectivity index (χ0) is 24.2. The topological polar surface area (TPSA) is 100 Å². The second-order valence-electron chi connectivity index (χ2n) is 9.45. The van der Waals surface area contributed by atoms with Crippen molar-refractivity contribution in [1.29, 1.82) is 0 Å². The molecule has 0 bridgehead atoms. The Kier molecular flexibility index (Phi) is 5.31. The number of rotatable bonds is 4. The largest absolute Gasteiger partial charge is 0.384 e. The summed E-state index contributed by atoms with van der Waals surface area (Å²) in [4.78, 5) is 26.9. The van der Waals surface area contributed by atoms with E-state index in [9.17, 15) is 18.7 Å². The molecule has 178 valence electrons. The average molecular weight is 469 g/mol. The Labute approximate surface area is 195 Å². The smallest absolute Gasteiger partial charge is 0.256 e. The standard InChI is InChI=1S/C23H25F2N7O2/c1-13-19(25)20(23(2,3)34)29-22(28-13)31-11-14-9-30(10-15(14)12-31)21(33)17-8-16(24)4-5-18(17)32-26-6-7-27-32/h4-8,14-15,34H,9-12H2,1-3H3. The van der Waals surface area contributed by atoms with Gasteiger partial charge in [0, 0.05) is 38.0 Å². The van der Waals surface area contributed by atoms with Gasteiger partial charge in [-0.2, -0.15) is 15.0 Å². The third-order valence-electron chi connectivity index (χ3n) is 6.46. The minimum atomic E-state index is -1.43. The number of fused-ring (bicyclic) bond motifs is 1. The third-order valence-corrected chi connectivity index (χ3v) is 6.46. The number of likely N-dealkylation sites (tertiary alicyclic amines) is 1. The molecule has 1 amide bonds. The van der Waals surface area contributed by atoms with Gasteiger partial charge in [-0.05, 0) is 39.0 Å². The van der Waals surface area contributed by atoms with E-state index in [-0.39, 0.29) is 34.7 Å². The summed E-state index contributed by atoms with van der Waals surface area (Å²) in [5.41, 5.74) is -0.654. The zero-order valence-electron chi connectivity index (χ0n) is 19.1. The van der Waals surface area contributed by atoms with Gasteiger partial charge in [0.15, 0.2) is 5.82 Å². The molecule has 2 aliphatic heterocycles. The summed E-state index contributed by atoms with van der Waals surface area (Å²) in [7, 11) is 0. The number of aliphatic hydroxyl groups is 1. The van der Waals surface area contributed by atoms with Crippen LogP contribution >= 0.6 is 0 Å². The fourth-order valence-corrected chi connectivity index (χ4v) is 4.78. The van der Waals surface area contributed by atoms with Crippen molar-refractivity contribution in [2.45, 2.75) is 26.4 Å². The molecule has 5 rings (SSSR count). The Hall–Kier alpha value is -3.47. The van der Waals surface area contributed by atoms with E-state index in [0.29, 0.717) is 37.8 Å². The van der Waals surface area contributed by atoms with Crippen LogP contribution in [0.25, 0.3) is 5.69 Å². The van der Waals surface area contributed by atoms with Crippen LogP contribution in [0.1, 0.15) is 35.6 Å². The van der Waals surface area contributed by atoms with E-state index in [0.717, 1.165) is 0 Å². The molecule has 2 fully saturated rings. The first-order valence-electron chi connectivity index (χ1n) is 11.1. The molecular formula is C23H25F2N7O2. The molecule has 9 nitrogen and oxygen atoms in total. The number of hydrogen-bond acceptors (Lipinski definition) is 7. The number of aryl methyl sites for hydroxylation is 1. The van der Waals surface area contributed by atoms with Crippen LogP contribution in [0, 0.1) is 30.4 Å². The van der Waals surface area contributed by atoms with Crippen molar-refractivity contribution < 1.29 is 18.7 Å². The summed E-state index contributed by atoms with van der Waals surface area (Å²) < 4.78 is 28.5. The number of benzene rings is 1. The normalized spacial score (nSPS) is 20.2. The lowest BCUT2D eigenvalue weighted by atomic mass is 10.0. The fourth-order valence-electron chi connectivity index (χ4n) is 4.78. The van der Waals surface area contributed by atoms with Gasteiger partial charge >= 0.3 is 0 Å². The van der Waals surface area contributed by atoms with Crippen molar-refractivity contribution in [1.82, 2.24) is 29.9 Å². The highest BCUT2D eigenvalue weighted by Gasteiger charge is 2.43. The van der Waals surface area contributed by atoms with E-state index in [2.05, 4.69) is 20.2 Å². The Bertz CT molecular complexity index is 1230. The molecule has 34 heavy (non-hydrogen) atoms. The summed E-state index contributed by atoms with van der Waals surface area (Å²) in [5.74, 6) is -0.667. The molecule has 0 aliphatic carbocycles. The van der Waals surface area contributed by atoms with Gasteiger partial charge in [-0.3, -0.25) is 4.79 Å². The van der Waals surface area contributed by atoms with Gasteiger partial charge in [-0.15, -0.1) is 0 Å². The highest BCUT2D eigenvalue weighted by Crippen LogP contribution is 2.35. The van der Waals surface area contributed by atoms with Crippen LogP contribution in [0.3, 0.4) is 0 Å². The molecule has 0 saturated carbocycles. The molecule has 0 spiro atoms. The van der Waals surface area contributed by atoms with E-state index in [4.69, 9.17) is 0 Å². The molecule has 2 aliphatic rings. The Morgan fingerprint density at radius 3 is 2.32 bits per heavy atom. The van der Waals surface area contributed by atoms with Crippen molar-refractivity contribution in [2.75, 3.05) is 31.1 Å². The monoisotopic (exact) mass is 469 g/mol. The van der Waals surface area contributed by atoms with Crippen molar-refractivity contribution in [3.05, 3.63) is 59.2 Å². The van der Waals surface area contributed by atoms with Crippen LogP contribution in [0.2, 0.25) is 0 Å². The lowest BCUT2D eigenvalue weighted by Gasteiger charge is -2.25. The number of hydrogen-bond donors (Lipinski definition) is 1. The van der Waals surface area contributed by atoms with Crippen LogP contribution in [0.4, 0.5) is 14.7 Å². The predicted octanol–water partition coefficient (Wildman–Crippen LogP) is 2.08. The quantitative estimate of drug-likeness (QED) is 0.625. The maximum atomic E-state index is 14.5. The molecule has 3 aromatic rings. The highest BCUT2D eigenvalue weighted by atomic mass is 19.1. The zero-order valence-corrected chi connectivity index (χ0v) is 19.1. The van der Waals surface area contributed by atoms with E-state index in [1.165, 1.54) is 49.2 Å². The maximum absolute atomic E-state index is 14.5. The second kappa shape index (κ2) is 8.08. The lowest BCUT2D eigenvalue weighted by Crippen LogP contribution is -2.35. The number of carbonyl (C=O) groups is 1. The van der Waals surface area contributed by atoms with Gasteiger partial charge < -0.3 is 14.9 Å². The first kappa shape index (κ1) is 22.3. The summed E-state index contributed by atoms with van der Waals surface area (Å²) >= 11 is 0. The number of carbonyl (C=O) groups excluding carboxylic acids is 1. The number of halogens is 2. The van der Waals surface area contributed by atoms with Gasteiger partial charge in [0.2, 0.25) is 5.95 Å². The first-order valence-corrected chi connectivity index (χ1v) is 11.1.